The molecule has 1 rings (SSSR count). The number of nitrogens with one attached hydrogen (secondary N) is 1. The first-order valence-corrected chi connectivity index (χ1v) is 6.36. The second-order valence-corrected chi connectivity index (χ2v) is 5.97. The molecule has 98 valence electrons. The zero-order chi connectivity index (χ0) is 13.9. The van der Waals surface area contributed by atoms with Crippen molar-refractivity contribution in [1.82, 2.24) is 5.32 Å². The van der Waals surface area contributed by atoms with Gasteiger partial charge in [0.1, 0.15) is 0 Å². The van der Waals surface area contributed by atoms with Crippen molar-refractivity contribution in [3.63, 3.8) is 0 Å². The minimum atomic E-state index is -0.494. The van der Waals surface area contributed by atoms with Gasteiger partial charge in [-0.05, 0) is 26.0 Å². The van der Waals surface area contributed by atoms with Crippen LogP contribution in [0.1, 0.15) is 31.1 Å². The second-order valence-electron chi connectivity index (χ2n) is 4.60. The van der Waals surface area contributed by atoms with Crippen LogP contribution in [0.25, 0.3) is 0 Å². The van der Waals surface area contributed by atoms with Crippen molar-refractivity contribution in [2.45, 2.75) is 31.1 Å². The molecule has 5 nitrogen and oxygen atoms in total. The van der Waals surface area contributed by atoms with E-state index in [4.69, 9.17) is 0 Å². The van der Waals surface area contributed by atoms with E-state index < -0.39 is 10.5 Å². The van der Waals surface area contributed by atoms with Crippen LogP contribution in [-0.2, 0) is 0 Å². The van der Waals surface area contributed by atoms with Gasteiger partial charge < -0.3 is 5.32 Å². The van der Waals surface area contributed by atoms with Gasteiger partial charge in [-0.2, -0.15) is 0 Å². The highest BCUT2D eigenvalue weighted by atomic mass is 79.9. The standard InChI is InChI=1S/C12H15BrN2O3/c1-8(13)12(2,3)14-11(16)9-4-6-10(7-5-9)15(17)18/h4-8H,1-3H3,(H,14,16). The molecule has 0 aromatic heterocycles. The topological polar surface area (TPSA) is 72.2 Å². The van der Waals surface area contributed by atoms with Crippen LogP contribution in [0.4, 0.5) is 5.69 Å². The molecule has 1 atom stereocenters. The molecule has 0 saturated carbocycles. The molecule has 0 heterocycles. The molecule has 0 radical (unpaired) electrons. The first-order chi connectivity index (χ1) is 8.24. The highest BCUT2D eigenvalue weighted by Crippen LogP contribution is 2.18. The molecule has 0 bridgehead atoms. The monoisotopic (exact) mass is 314 g/mol. The number of non-ortho nitro benzene ring substituents is 1. The number of benzene rings is 1. The van der Waals surface area contributed by atoms with Crippen LogP contribution in [0.5, 0.6) is 0 Å². The summed E-state index contributed by atoms with van der Waals surface area (Å²) in [5, 5.41) is 13.4. The van der Waals surface area contributed by atoms with Crippen LogP contribution < -0.4 is 5.32 Å². The lowest BCUT2D eigenvalue weighted by Crippen LogP contribution is -2.48. The Balaban J connectivity index is 2.82. The molecule has 0 saturated heterocycles. The van der Waals surface area contributed by atoms with E-state index in [1.54, 1.807) is 0 Å². The Morgan fingerprint density at radius 1 is 1.39 bits per heavy atom. The summed E-state index contributed by atoms with van der Waals surface area (Å²) in [6, 6.07) is 5.53. The number of halogens is 1. The number of hydrogen-bond acceptors (Lipinski definition) is 3. The lowest BCUT2D eigenvalue weighted by molar-refractivity contribution is -0.384. The normalized spacial score (nSPS) is 12.9. The van der Waals surface area contributed by atoms with Crippen molar-refractivity contribution in [2.24, 2.45) is 0 Å². The fourth-order valence-corrected chi connectivity index (χ4v) is 1.31. The van der Waals surface area contributed by atoms with Gasteiger partial charge in [0.15, 0.2) is 0 Å². The zero-order valence-electron chi connectivity index (χ0n) is 10.4. The molecule has 18 heavy (non-hydrogen) atoms. The van der Waals surface area contributed by atoms with Crippen LogP contribution in [0.3, 0.4) is 0 Å². The predicted octanol–water partition coefficient (Wildman–Crippen LogP) is 2.89. The summed E-state index contributed by atoms with van der Waals surface area (Å²) in [4.78, 5) is 22.1. The van der Waals surface area contributed by atoms with Crippen molar-refractivity contribution in [3.05, 3.63) is 39.9 Å². The second kappa shape index (κ2) is 5.48. The SMILES string of the molecule is CC(Br)C(C)(C)NC(=O)c1ccc([N+](=O)[O-])cc1. The minimum absolute atomic E-state index is 0.0281. The number of hydrogen-bond donors (Lipinski definition) is 1. The molecule has 0 spiro atoms. The smallest absolute Gasteiger partial charge is 0.269 e. The maximum absolute atomic E-state index is 11.9. The maximum Gasteiger partial charge on any atom is 0.269 e. The van der Waals surface area contributed by atoms with E-state index in [1.165, 1.54) is 24.3 Å². The molecule has 1 N–H and O–H groups in total. The fourth-order valence-electron chi connectivity index (χ4n) is 1.20. The first kappa shape index (κ1) is 14.6. The Morgan fingerprint density at radius 2 is 1.89 bits per heavy atom. The van der Waals surface area contributed by atoms with Crippen molar-refractivity contribution >= 4 is 27.5 Å². The van der Waals surface area contributed by atoms with E-state index in [0.717, 1.165) is 0 Å². The van der Waals surface area contributed by atoms with Gasteiger partial charge in [0, 0.05) is 28.1 Å². The number of nitro groups is 1. The Bertz CT molecular complexity index is 455. The van der Waals surface area contributed by atoms with E-state index in [1.807, 2.05) is 20.8 Å². The number of amides is 1. The van der Waals surface area contributed by atoms with Crippen LogP contribution in [0, 0.1) is 10.1 Å². The van der Waals surface area contributed by atoms with Crippen LogP contribution in [-0.4, -0.2) is 21.2 Å². The third-order valence-corrected chi connectivity index (χ3v) is 3.92. The van der Waals surface area contributed by atoms with Gasteiger partial charge in [0.2, 0.25) is 0 Å². The van der Waals surface area contributed by atoms with E-state index in [-0.39, 0.29) is 16.4 Å². The number of carbonyl (C=O) groups is 1. The molecule has 6 heteroatoms. The van der Waals surface area contributed by atoms with Crippen molar-refractivity contribution in [2.75, 3.05) is 0 Å². The largest absolute Gasteiger partial charge is 0.346 e. The number of nitrogens with zero attached hydrogens (tertiary/aromatic N) is 1. The average Bonchev–Trinajstić information content (AvgIpc) is 2.28. The van der Waals surface area contributed by atoms with Crippen LogP contribution in [0.2, 0.25) is 0 Å². The van der Waals surface area contributed by atoms with Gasteiger partial charge in [-0.15, -0.1) is 0 Å². The molecule has 1 aromatic carbocycles. The van der Waals surface area contributed by atoms with Gasteiger partial charge in [-0.1, -0.05) is 22.9 Å². The van der Waals surface area contributed by atoms with E-state index in [0.29, 0.717) is 5.56 Å². The summed E-state index contributed by atoms with van der Waals surface area (Å²) in [5.74, 6) is -0.249. The lowest BCUT2D eigenvalue weighted by Gasteiger charge is -2.29. The number of carbonyl (C=O) groups excluding carboxylic acids is 1. The molecule has 1 unspecified atom stereocenters. The molecular weight excluding hydrogens is 300 g/mol. The van der Waals surface area contributed by atoms with E-state index in [9.17, 15) is 14.9 Å². The maximum atomic E-state index is 11.9. The van der Waals surface area contributed by atoms with Crippen molar-refractivity contribution in [3.8, 4) is 0 Å². The van der Waals surface area contributed by atoms with Crippen molar-refractivity contribution < 1.29 is 9.72 Å². The molecule has 0 fully saturated rings. The first-order valence-electron chi connectivity index (χ1n) is 5.45. The Labute approximate surface area is 114 Å². The summed E-state index contributed by atoms with van der Waals surface area (Å²) >= 11 is 3.42. The predicted molar refractivity (Wildman–Crippen MR) is 73.0 cm³/mol. The number of alkyl halides is 1. The Hall–Kier alpha value is -1.43. The van der Waals surface area contributed by atoms with Gasteiger partial charge >= 0.3 is 0 Å². The van der Waals surface area contributed by atoms with Gasteiger partial charge in [-0.25, -0.2) is 0 Å². The highest BCUT2D eigenvalue weighted by Gasteiger charge is 2.26. The third-order valence-electron chi connectivity index (χ3n) is 2.77. The highest BCUT2D eigenvalue weighted by molar-refractivity contribution is 9.09. The average molecular weight is 315 g/mol. The van der Waals surface area contributed by atoms with Crippen LogP contribution in [0.15, 0.2) is 24.3 Å². The molecule has 0 aliphatic carbocycles. The van der Waals surface area contributed by atoms with Crippen LogP contribution >= 0.6 is 15.9 Å². The fraction of sp³-hybridized carbons (Fsp3) is 0.417. The molecule has 0 aliphatic heterocycles. The van der Waals surface area contributed by atoms with Gasteiger partial charge in [0.05, 0.1) is 4.92 Å². The summed E-state index contributed by atoms with van der Waals surface area (Å²) in [7, 11) is 0. The summed E-state index contributed by atoms with van der Waals surface area (Å²) in [5.41, 5.74) is -0.0275. The number of nitro benzene ring substituents is 1. The van der Waals surface area contributed by atoms with E-state index >= 15 is 0 Å². The summed E-state index contributed by atoms with van der Waals surface area (Å²) in [6.07, 6.45) is 0. The minimum Gasteiger partial charge on any atom is -0.346 e. The van der Waals surface area contributed by atoms with Gasteiger partial charge in [-0.3, -0.25) is 14.9 Å². The van der Waals surface area contributed by atoms with Gasteiger partial charge in [0.25, 0.3) is 11.6 Å². The zero-order valence-corrected chi connectivity index (χ0v) is 12.0. The summed E-state index contributed by atoms with van der Waals surface area (Å²) < 4.78 is 0. The molecule has 1 aromatic rings. The van der Waals surface area contributed by atoms with Crippen molar-refractivity contribution in [1.29, 1.82) is 0 Å². The number of rotatable bonds is 4. The Kier molecular flexibility index (Phi) is 4.45. The molecule has 1 amide bonds. The summed E-state index contributed by atoms with van der Waals surface area (Å²) in [6.45, 7) is 5.74. The van der Waals surface area contributed by atoms with E-state index in [2.05, 4.69) is 21.2 Å². The molecule has 0 aliphatic rings. The third kappa shape index (κ3) is 3.53. The molecular formula is C12H15BrN2O3. The Morgan fingerprint density at radius 3 is 2.28 bits per heavy atom. The quantitative estimate of drug-likeness (QED) is 0.527. The lowest BCUT2D eigenvalue weighted by atomic mass is 10.0.